The summed E-state index contributed by atoms with van der Waals surface area (Å²) in [5.74, 6) is 0. The van der Waals surface area contributed by atoms with Gasteiger partial charge >= 0.3 is 0 Å². The molecular weight excluding hydrogens is 277 g/mol. The molecule has 0 amide bonds. The molecule has 0 saturated carbocycles. The average Bonchev–Trinajstić information content (AvgIpc) is 2.03. The van der Waals surface area contributed by atoms with Gasteiger partial charge in [-0.25, -0.2) is 8.78 Å². The van der Waals surface area contributed by atoms with Gasteiger partial charge in [0.15, 0.2) is 0 Å². The average molecular weight is 284 g/mol. The molecule has 5 heteroatoms. The Balaban J connectivity index is 3.11. The molecule has 66 valence electrons. The Kier molecular flexibility index (Phi) is 3.33. The van der Waals surface area contributed by atoms with E-state index in [1.165, 1.54) is 6.20 Å². The summed E-state index contributed by atoms with van der Waals surface area (Å²) in [4.78, 5) is 3.61. The molecule has 0 unspecified atom stereocenters. The smallest absolute Gasteiger partial charge is 0.280 e. The van der Waals surface area contributed by atoms with Gasteiger partial charge in [-0.05, 0) is 34.2 Å². The molecule has 0 atom stereocenters. The van der Waals surface area contributed by atoms with E-state index in [4.69, 9.17) is 5.73 Å². The second-order valence-corrected chi connectivity index (χ2v) is 3.45. The third-order valence-electron chi connectivity index (χ3n) is 1.39. The van der Waals surface area contributed by atoms with Crippen LogP contribution in [-0.2, 0) is 6.54 Å². The zero-order valence-electron chi connectivity index (χ0n) is 6.10. The van der Waals surface area contributed by atoms with Gasteiger partial charge in [-0.1, -0.05) is 0 Å². The van der Waals surface area contributed by atoms with Crippen molar-refractivity contribution in [1.82, 2.24) is 4.98 Å². The molecular formula is C7H7F2IN2. The van der Waals surface area contributed by atoms with Crippen molar-refractivity contribution in [3.63, 3.8) is 0 Å². The summed E-state index contributed by atoms with van der Waals surface area (Å²) in [5.41, 5.74) is 5.48. The van der Waals surface area contributed by atoms with Crippen molar-refractivity contribution in [2.75, 3.05) is 0 Å². The molecule has 0 radical (unpaired) electrons. The SMILES string of the molecule is NCc1cc(I)cnc1C(F)F. The number of hydrogen-bond acceptors (Lipinski definition) is 2. The monoisotopic (exact) mass is 284 g/mol. The first-order chi connectivity index (χ1) is 5.65. The molecule has 0 aromatic carbocycles. The second kappa shape index (κ2) is 4.08. The zero-order chi connectivity index (χ0) is 9.14. The van der Waals surface area contributed by atoms with Gasteiger partial charge < -0.3 is 5.73 Å². The lowest BCUT2D eigenvalue weighted by Crippen LogP contribution is -2.04. The molecule has 1 aromatic rings. The van der Waals surface area contributed by atoms with Crippen molar-refractivity contribution >= 4 is 22.6 Å². The fourth-order valence-electron chi connectivity index (χ4n) is 0.852. The van der Waals surface area contributed by atoms with E-state index in [9.17, 15) is 8.78 Å². The van der Waals surface area contributed by atoms with Crippen LogP contribution in [0.5, 0.6) is 0 Å². The minimum Gasteiger partial charge on any atom is -0.326 e. The van der Waals surface area contributed by atoms with Crippen LogP contribution in [0.4, 0.5) is 8.78 Å². The summed E-state index contributed by atoms with van der Waals surface area (Å²) in [6.07, 6.45) is -1.14. The maximum Gasteiger partial charge on any atom is 0.280 e. The molecule has 1 rings (SSSR count). The van der Waals surface area contributed by atoms with Gasteiger partial charge in [-0.15, -0.1) is 0 Å². The third-order valence-corrected chi connectivity index (χ3v) is 1.98. The molecule has 0 aliphatic rings. The molecule has 0 fully saturated rings. The second-order valence-electron chi connectivity index (χ2n) is 2.20. The minimum absolute atomic E-state index is 0.101. The molecule has 1 aromatic heterocycles. The Morgan fingerprint density at radius 2 is 2.25 bits per heavy atom. The molecule has 2 N–H and O–H groups in total. The third kappa shape index (κ3) is 2.10. The van der Waals surface area contributed by atoms with Gasteiger partial charge in [0.05, 0.1) is 0 Å². The van der Waals surface area contributed by atoms with Crippen LogP contribution in [0.25, 0.3) is 0 Å². The van der Waals surface area contributed by atoms with Crippen LogP contribution < -0.4 is 5.73 Å². The Bertz CT molecular complexity index is 278. The van der Waals surface area contributed by atoms with Crippen LogP contribution in [-0.4, -0.2) is 4.98 Å². The normalized spacial score (nSPS) is 10.8. The van der Waals surface area contributed by atoms with Gasteiger partial charge in [0, 0.05) is 16.3 Å². The molecule has 0 aliphatic heterocycles. The van der Waals surface area contributed by atoms with Gasteiger partial charge in [-0.3, -0.25) is 4.98 Å². The lowest BCUT2D eigenvalue weighted by molar-refractivity contribution is 0.145. The first-order valence-corrected chi connectivity index (χ1v) is 4.35. The van der Waals surface area contributed by atoms with E-state index >= 15 is 0 Å². The number of pyridine rings is 1. The number of nitrogens with zero attached hydrogens (tertiary/aromatic N) is 1. The Morgan fingerprint density at radius 1 is 1.58 bits per heavy atom. The van der Waals surface area contributed by atoms with Crippen molar-refractivity contribution in [1.29, 1.82) is 0 Å². The Hall–Kier alpha value is -0.300. The number of hydrogen-bond donors (Lipinski definition) is 1. The summed E-state index contributed by atoms with van der Waals surface area (Å²) in [5, 5.41) is 0. The van der Waals surface area contributed by atoms with Gasteiger partial charge in [-0.2, -0.15) is 0 Å². The van der Waals surface area contributed by atoms with E-state index in [0.29, 0.717) is 5.56 Å². The molecule has 2 nitrogen and oxygen atoms in total. The number of halogens is 3. The van der Waals surface area contributed by atoms with Crippen molar-refractivity contribution in [2.45, 2.75) is 13.0 Å². The van der Waals surface area contributed by atoms with Gasteiger partial charge in [0.2, 0.25) is 0 Å². The standard InChI is InChI=1S/C7H7F2IN2/c8-7(9)6-4(2-11)1-5(10)3-12-6/h1,3,7H,2,11H2. The highest BCUT2D eigenvalue weighted by atomic mass is 127. The van der Waals surface area contributed by atoms with E-state index in [1.54, 1.807) is 6.07 Å². The van der Waals surface area contributed by atoms with E-state index in [1.807, 2.05) is 22.6 Å². The van der Waals surface area contributed by atoms with E-state index in [2.05, 4.69) is 4.98 Å². The fourth-order valence-corrected chi connectivity index (χ4v) is 1.37. The lowest BCUT2D eigenvalue weighted by Gasteiger charge is -2.05. The fraction of sp³-hybridized carbons (Fsp3) is 0.286. The number of alkyl halides is 2. The van der Waals surface area contributed by atoms with Crippen LogP contribution in [0.3, 0.4) is 0 Å². The number of nitrogens with two attached hydrogens (primary N) is 1. The highest BCUT2D eigenvalue weighted by Crippen LogP contribution is 2.21. The predicted octanol–water partition coefficient (Wildman–Crippen LogP) is 2.08. The summed E-state index contributed by atoms with van der Waals surface area (Å²) < 4.78 is 25.3. The highest BCUT2D eigenvalue weighted by molar-refractivity contribution is 14.1. The first kappa shape index (κ1) is 9.79. The summed E-state index contributed by atoms with van der Waals surface area (Å²) >= 11 is 2.01. The van der Waals surface area contributed by atoms with Crippen molar-refractivity contribution in [3.05, 3.63) is 27.1 Å². The van der Waals surface area contributed by atoms with Crippen LogP contribution in [0.15, 0.2) is 12.3 Å². The van der Waals surface area contributed by atoms with Gasteiger partial charge in [0.1, 0.15) is 5.69 Å². The van der Waals surface area contributed by atoms with Crippen LogP contribution in [0.2, 0.25) is 0 Å². The maximum atomic E-state index is 12.2. The number of aromatic nitrogens is 1. The summed E-state index contributed by atoms with van der Waals surface area (Å²) in [6, 6.07) is 1.62. The van der Waals surface area contributed by atoms with Crippen molar-refractivity contribution in [2.24, 2.45) is 5.73 Å². The number of rotatable bonds is 2. The summed E-state index contributed by atoms with van der Waals surface area (Å²) in [6.45, 7) is 0.101. The minimum atomic E-state index is -2.54. The van der Waals surface area contributed by atoms with Crippen molar-refractivity contribution in [3.8, 4) is 0 Å². The zero-order valence-corrected chi connectivity index (χ0v) is 8.26. The van der Waals surface area contributed by atoms with Crippen LogP contribution >= 0.6 is 22.6 Å². The predicted molar refractivity (Wildman–Crippen MR) is 49.8 cm³/mol. The largest absolute Gasteiger partial charge is 0.326 e. The Morgan fingerprint density at radius 3 is 2.75 bits per heavy atom. The van der Waals surface area contributed by atoms with Crippen LogP contribution in [0, 0.1) is 3.57 Å². The van der Waals surface area contributed by atoms with E-state index < -0.39 is 6.43 Å². The summed E-state index contributed by atoms with van der Waals surface area (Å²) in [7, 11) is 0. The van der Waals surface area contributed by atoms with Crippen LogP contribution in [0.1, 0.15) is 17.7 Å². The van der Waals surface area contributed by atoms with E-state index in [-0.39, 0.29) is 12.2 Å². The molecule has 0 saturated heterocycles. The molecule has 0 spiro atoms. The molecule has 12 heavy (non-hydrogen) atoms. The molecule has 1 heterocycles. The highest BCUT2D eigenvalue weighted by Gasteiger charge is 2.13. The quantitative estimate of drug-likeness (QED) is 0.844. The van der Waals surface area contributed by atoms with Gasteiger partial charge in [0.25, 0.3) is 6.43 Å². The lowest BCUT2D eigenvalue weighted by atomic mass is 10.2. The maximum absolute atomic E-state index is 12.2. The molecule has 0 aliphatic carbocycles. The Labute approximate surface area is 82.3 Å². The topological polar surface area (TPSA) is 38.9 Å². The van der Waals surface area contributed by atoms with Crippen molar-refractivity contribution < 1.29 is 8.78 Å². The van der Waals surface area contributed by atoms with E-state index in [0.717, 1.165) is 3.57 Å². The first-order valence-electron chi connectivity index (χ1n) is 3.27. The molecule has 0 bridgehead atoms.